The van der Waals surface area contributed by atoms with Gasteiger partial charge in [-0.15, -0.1) is 12.4 Å². The van der Waals surface area contributed by atoms with Gasteiger partial charge in [-0.2, -0.15) is 4.98 Å². The number of ether oxygens (including phenoxy) is 1. The third-order valence-electron chi connectivity index (χ3n) is 3.09. The Balaban J connectivity index is 0.00000147. The van der Waals surface area contributed by atoms with Crippen LogP contribution in [0.5, 0.6) is 5.75 Å². The molecule has 1 aliphatic heterocycles. The van der Waals surface area contributed by atoms with Crippen LogP contribution >= 0.6 is 12.4 Å². The second kappa shape index (κ2) is 6.67. The average Bonchev–Trinajstić information content (AvgIpc) is 3.09. The molecule has 1 unspecified atom stereocenters. The SMILES string of the molecule is Cl.Fc1ccccc1OCc1noc(C2CCNC2)n1. The van der Waals surface area contributed by atoms with E-state index < -0.39 is 5.82 Å². The number of hydrogen-bond acceptors (Lipinski definition) is 5. The Kier molecular flexibility index (Phi) is 4.92. The highest BCUT2D eigenvalue weighted by Crippen LogP contribution is 2.21. The van der Waals surface area contributed by atoms with Crippen LogP contribution in [0, 0.1) is 5.82 Å². The largest absolute Gasteiger partial charge is 0.482 e. The van der Waals surface area contributed by atoms with Gasteiger partial charge in [0, 0.05) is 6.54 Å². The van der Waals surface area contributed by atoms with Crippen LogP contribution in [0.3, 0.4) is 0 Å². The highest BCUT2D eigenvalue weighted by atomic mass is 35.5. The summed E-state index contributed by atoms with van der Waals surface area (Å²) >= 11 is 0. The fourth-order valence-electron chi connectivity index (χ4n) is 2.06. The maximum Gasteiger partial charge on any atom is 0.231 e. The van der Waals surface area contributed by atoms with E-state index in [1.807, 2.05) is 0 Å². The second-order valence-corrected chi connectivity index (χ2v) is 4.46. The maximum atomic E-state index is 13.3. The zero-order valence-electron chi connectivity index (χ0n) is 10.7. The van der Waals surface area contributed by atoms with E-state index in [9.17, 15) is 4.39 Å². The summed E-state index contributed by atoms with van der Waals surface area (Å²) in [6, 6.07) is 6.24. The molecular formula is C13H15ClFN3O2. The van der Waals surface area contributed by atoms with E-state index in [0.717, 1.165) is 19.5 Å². The molecule has 2 aromatic rings. The topological polar surface area (TPSA) is 60.2 Å². The maximum absolute atomic E-state index is 13.3. The van der Waals surface area contributed by atoms with Gasteiger partial charge in [0.1, 0.15) is 0 Å². The molecule has 1 aliphatic rings. The molecule has 108 valence electrons. The van der Waals surface area contributed by atoms with E-state index in [0.29, 0.717) is 11.7 Å². The van der Waals surface area contributed by atoms with E-state index in [4.69, 9.17) is 9.26 Å². The van der Waals surface area contributed by atoms with Gasteiger partial charge in [-0.3, -0.25) is 0 Å². The van der Waals surface area contributed by atoms with Crippen LogP contribution in [0.4, 0.5) is 4.39 Å². The molecule has 0 aliphatic carbocycles. The lowest BCUT2D eigenvalue weighted by Crippen LogP contribution is -2.08. The van der Waals surface area contributed by atoms with Gasteiger partial charge in [-0.1, -0.05) is 17.3 Å². The molecule has 0 amide bonds. The molecule has 7 heteroatoms. The van der Waals surface area contributed by atoms with Gasteiger partial charge in [-0.05, 0) is 25.1 Å². The lowest BCUT2D eigenvalue weighted by atomic mass is 10.1. The van der Waals surface area contributed by atoms with Crippen LogP contribution in [0.15, 0.2) is 28.8 Å². The fourth-order valence-corrected chi connectivity index (χ4v) is 2.06. The van der Waals surface area contributed by atoms with Gasteiger partial charge >= 0.3 is 0 Å². The second-order valence-electron chi connectivity index (χ2n) is 4.46. The number of nitrogens with zero attached hydrogens (tertiary/aromatic N) is 2. The molecule has 20 heavy (non-hydrogen) atoms. The molecule has 1 aromatic heterocycles. The molecule has 2 heterocycles. The van der Waals surface area contributed by atoms with E-state index in [1.165, 1.54) is 6.07 Å². The minimum absolute atomic E-state index is 0. The first-order valence-corrected chi connectivity index (χ1v) is 6.23. The summed E-state index contributed by atoms with van der Waals surface area (Å²) in [5.74, 6) is 1.12. The summed E-state index contributed by atoms with van der Waals surface area (Å²) in [5, 5.41) is 7.08. The number of benzene rings is 1. The number of hydrogen-bond donors (Lipinski definition) is 1. The van der Waals surface area contributed by atoms with Crippen molar-refractivity contribution in [2.24, 2.45) is 0 Å². The Morgan fingerprint density at radius 1 is 1.40 bits per heavy atom. The van der Waals surface area contributed by atoms with Gasteiger partial charge in [0.05, 0.1) is 5.92 Å². The number of nitrogens with one attached hydrogen (secondary N) is 1. The Morgan fingerprint density at radius 3 is 3.00 bits per heavy atom. The van der Waals surface area contributed by atoms with Crippen molar-refractivity contribution in [3.05, 3.63) is 41.8 Å². The van der Waals surface area contributed by atoms with Crippen molar-refractivity contribution in [3.63, 3.8) is 0 Å². The summed E-state index contributed by atoms with van der Waals surface area (Å²) in [6.07, 6.45) is 0.996. The average molecular weight is 300 g/mol. The first-order valence-electron chi connectivity index (χ1n) is 6.23. The van der Waals surface area contributed by atoms with Crippen LogP contribution in [0.25, 0.3) is 0 Å². The molecule has 3 rings (SSSR count). The van der Waals surface area contributed by atoms with Crippen LogP contribution in [0.1, 0.15) is 24.1 Å². The summed E-state index contributed by atoms with van der Waals surface area (Å²) in [6.45, 7) is 1.93. The summed E-state index contributed by atoms with van der Waals surface area (Å²) in [7, 11) is 0. The van der Waals surface area contributed by atoms with Gasteiger partial charge < -0.3 is 14.6 Å². The van der Waals surface area contributed by atoms with Crippen molar-refractivity contribution in [2.75, 3.05) is 13.1 Å². The molecule has 1 atom stereocenters. The van der Waals surface area contributed by atoms with Crippen molar-refractivity contribution in [1.29, 1.82) is 0 Å². The quantitative estimate of drug-likeness (QED) is 0.938. The number of rotatable bonds is 4. The van der Waals surface area contributed by atoms with Crippen LogP contribution < -0.4 is 10.1 Å². The molecular weight excluding hydrogens is 285 g/mol. The lowest BCUT2D eigenvalue weighted by Gasteiger charge is -2.03. The van der Waals surface area contributed by atoms with Gasteiger partial charge in [0.2, 0.25) is 11.7 Å². The summed E-state index contributed by atoms with van der Waals surface area (Å²) in [5.41, 5.74) is 0. The number of para-hydroxylation sites is 1. The minimum Gasteiger partial charge on any atom is -0.482 e. The molecule has 0 bridgehead atoms. The van der Waals surface area contributed by atoms with Crippen molar-refractivity contribution in [3.8, 4) is 5.75 Å². The number of aromatic nitrogens is 2. The predicted octanol–water partition coefficient (Wildman–Crippen LogP) is 2.29. The van der Waals surface area contributed by atoms with E-state index >= 15 is 0 Å². The zero-order chi connectivity index (χ0) is 13.1. The van der Waals surface area contributed by atoms with E-state index in [2.05, 4.69) is 15.5 Å². The van der Waals surface area contributed by atoms with Gasteiger partial charge in [0.15, 0.2) is 18.2 Å². The molecule has 0 spiro atoms. The molecule has 1 aromatic carbocycles. The third kappa shape index (κ3) is 3.26. The minimum atomic E-state index is -0.397. The highest BCUT2D eigenvalue weighted by molar-refractivity contribution is 5.85. The van der Waals surface area contributed by atoms with Crippen molar-refractivity contribution in [2.45, 2.75) is 18.9 Å². The van der Waals surface area contributed by atoms with Crippen molar-refractivity contribution >= 4 is 12.4 Å². The third-order valence-corrected chi connectivity index (χ3v) is 3.09. The van der Waals surface area contributed by atoms with Crippen LogP contribution in [-0.4, -0.2) is 23.2 Å². The Labute approximate surface area is 121 Å². The molecule has 0 saturated carbocycles. The predicted molar refractivity (Wildman–Crippen MR) is 72.5 cm³/mol. The Bertz CT molecular complexity index is 558. The van der Waals surface area contributed by atoms with E-state index in [-0.39, 0.29) is 30.7 Å². The lowest BCUT2D eigenvalue weighted by molar-refractivity contribution is 0.272. The monoisotopic (exact) mass is 299 g/mol. The summed E-state index contributed by atoms with van der Waals surface area (Å²) < 4.78 is 23.9. The Hall–Kier alpha value is -1.66. The van der Waals surface area contributed by atoms with Crippen LogP contribution in [0.2, 0.25) is 0 Å². The highest BCUT2D eigenvalue weighted by Gasteiger charge is 2.22. The van der Waals surface area contributed by atoms with E-state index in [1.54, 1.807) is 18.2 Å². The summed E-state index contributed by atoms with van der Waals surface area (Å²) in [4.78, 5) is 4.27. The smallest absolute Gasteiger partial charge is 0.231 e. The zero-order valence-corrected chi connectivity index (χ0v) is 11.5. The molecule has 5 nitrogen and oxygen atoms in total. The molecule has 1 N–H and O–H groups in total. The fraction of sp³-hybridized carbons (Fsp3) is 0.385. The van der Waals surface area contributed by atoms with Crippen LogP contribution in [-0.2, 0) is 6.61 Å². The Morgan fingerprint density at radius 2 is 2.25 bits per heavy atom. The van der Waals surface area contributed by atoms with Crippen molar-refractivity contribution < 1.29 is 13.7 Å². The van der Waals surface area contributed by atoms with Gasteiger partial charge in [-0.25, -0.2) is 4.39 Å². The first kappa shape index (κ1) is 14.7. The van der Waals surface area contributed by atoms with Gasteiger partial charge in [0.25, 0.3) is 0 Å². The molecule has 1 saturated heterocycles. The standard InChI is InChI=1S/C13H14FN3O2.ClH/c14-10-3-1-2-4-11(10)18-8-12-16-13(19-17-12)9-5-6-15-7-9;/h1-4,9,15H,5-8H2;1H. The normalized spacial score (nSPS) is 17.8. The number of halogens is 2. The molecule has 0 radical (unpaired) electrons. The molecule has 1 fully saturated rings. The van der Waals surface area contributed by atoms with Crippen molar-refractivity contribution in [1.82, 2.24) is 15.5 Å². The first-order chi connectivity index (χ1) is 9.33.